The first-order valence-corrected chi connectivity index (χ1v) is 13.0. The molecule has 0 aromatic heterocycles. The van der Waals surface area contributed by atoms with Gasteiger partial charge in [-0.2, -0.15) is 0 Å². The molecule has 0 saturated carbocycles. The maximum Gasteiger partial charge on any atom is 0.261 e. The minimum atomic E-state index is -0.677. The number of nitrogens with one attached hydrogen (secondary N) is 1. The highest BCUT2D eigenvalue weighted by molar-refractivity contribution is 5.88. The molecule has 1 N–H and O–H groups in total. The molecule has 37 heavy (non-hydrogen) atoms. The van der Waals surface area contributed by atoms with Gasteiger partial charge in [0.15, 0.2) is 6.61 Å². The van der Waals surface area contributed by atoms with Gasteiger partial charge in [-0.25, -0.2) is 0 Å². The fraction of sp³-hybridized carbons (Fsp3) is 0.375. The molecule has 5 heteroatoms. The molecule has 196 valence electrons. The number of carbonyl (C=O) groups is 2. The van der Waals surface area contributed by atoms with Crippen LogP contribution in [0, 0.1) is 6.92 Å². The highest BCUT2D eigenvalue weighted by atomic mass is 16.5. The maximum atomic E-state index is 13.7. The van der Waals surface area contributed by atoms with Crippen molar-refractivity contribution in [2.75, 3.05) is 6.61 Å². The van der Waals surface area contributed by atoms with E-state index < -0.39 is 6.04 Å². The Labute approximate surface area is 221 Å². The summed E-state index contributed by atoms with van der Waals surface area (Å²) >= 11 is 0. The van der Waals surface area contributed by atoms with Crippen LogP contribution in [0.3, 0.4) is 0 Å². The van der Waals surface area contributed by atoms with Crippen LogP contribution in [0.5, 0.6) is 5.75 Å². The normalized spacial score (nSPS) is 12.2. The van der Waals surface area contributed by atoms with Crippen LogP contribution in [0.25, 0.3) is 0 Å². The summed E-state index contributed by atoms with van der Waals surface area (Å²) < 4.78 is 5.92. The number of amides is 2. The number of hydrogen-bond acceptors (Lipinski definition) is 3. The van der Waals surface area contributed by atoms with E-state index in [1.54, 1.807) is 4.90 Å². The lowest BCUT2D eigenvalue weighted by Gasteiger charge is -2.32. The summed E-state index contributed by atoms with van der Waals surface area (Å²) in [7, 11) is 0. The second-order valence-electron chi connectivity index (χ2n) is 10.9. The van der Waals surface area contributed by atoms with Gasteiger partial charge in [0.2, 0.25) is 5.91 Å². The molecule has 5 nitrogen and oxygen atoms in total. The van der Waals surface area contributed by atoms with E-state index in [1.807, 2.05) is 99.6 Å². The van der Waals surface area contributed by atoms with Crippen molar-refractivity contribution in [3.05, 3.63) is 101 Å². The van der Waals surface area contributed by atoms with Crippen molar-refractivity contribution in [3.8, 4) is 5.75 Å². The Bertz CT molecular complexity index is 1160. The van der Waals surface area contributed by atoms with E-state index in [0.717, 1.165) is 16.7 Å². The third-order valence-corrected chi connectivity index (χ3v) is 6.39. The van der Waals surface area contributed by atoms with Crippen molar-refractivity contribution in [2.24, 2.45) is 0 Å². The van der Waals surface area contributed by atoms with E-state index >= 15 is 0 Å². The van der Waals surface area contributed by atoms with Crippen LogP contribution >= 0.6 is 0 Å². The lowest BCUT2D eigenvalue weighted by molar-refractivity contribution is -0.143. The zero-order valence-electron chi connectivity index (χ0n) is 23.0. The van der Waals surface area contributed by atoms with Crippen LogP contribution < -0.4 is 10.1 Å². The topological polar surface area (TPSA) is 58.6 Å². The number of nitrogens with zero attached hydrogens (tertiary/aromatic N) is 1. The van der Waals surface area contributed by atoms with Gasteiger partial charge in [-0.3, -0.25) is 9.59 Å². The van der Waals surface area contributed by atoms with Gasteiger partial charge in [0.25, 0.3) is 5.91 Å². The van der Waals surface area contributed by atoms with Gasteiger partial charge in [0, 0.05) is 19.0 Å². The number of aryl methyl sites for hydroxylation is 1. The number of rotatable bonds is 10. The highest BCUT2D eigenvalue weighted by Gasteiger charge is 2.31. The molecule has 0 aliphatic rings. The minimum absolute atomic E-state index is 0.0348. The second kappa shape index (κ2) is 12.6. The zero-order valence-corrected chi connectivity index (χ0v) is 23.0. The van der Waals surface area contributed by atoms with Crippen LogP contribution in [0.15, 0.2) is 78.9 Å². The number of carbonyl (C=O) groups excluding carboxylic acids is 2. The number of ether oxygens (including phenoxy) is 1. The molecule has 0 unspecified atom stereocenters. The predicted molar refractivity (Wildman–Crippen MR) is 150 cm³/mol. The number of hydrogen-bond donors (Lipinski definition) is 1. The molecule has 0 aliphatic heterocycles. The molecular formula is C32H40N2O3. The first-order valence-electron chi connectivity index (χ1n) is 13.0. The van der Waals surface area contributed by atoms with E-state index in [2.05, 4.69) is 26.1 Å². The molecule has 0 heterocycles. The van der Waals surface area contributed by atoms with Crippen molar-refractivity contribution < 1.29 is 14.3 Å². The standard InChI is InChI=1S/C32H40N2O3/c1-23(2)33-31(36)29(20-25-13-8-7-9-14-25)34(21-26-15-11-10-12-24(26)3)30(35)22-37-28-18-16-27(17-19-28)32(4,5)6/h7-19,23,29H,20-22H2,1-6H3,(H,33,36)/t29-/m1/s1. The predicted octanol–water partition coefficient (Wildman–Crippen LogP) is 5.84. The largest absolute Gasteiger partial charge is 0.484 e. The van der Waals surface area contributed by atoms with Gasteiger partial charge >= 0.3 is 0 Å². The molecular weight excluding hydrogens is 460 g/mol. The Balaban J connectivity index is 1.89. The summed E-state index contributed by atoms with van der Waals surface area (Å²) in [5, 5.41) is 3.02. The maximum absolute atomic E-state index is 13.7. The van der Waals surface area contributed by atoms with E-state index in [-0.39, 0.29) is 29.9 Å². The highest BCUT2D eigenvalue weighted by Crippen LogP contribution is 2.24. The van der Waals surface area contributed by atoms with Crippen LogP contribution in [0.2, 0.25) is 0 Å². The average molecular weight is 501 g/mol. The molecule has 0 spiro atoms. The SMILES string of the molecule is Cc1ccccc1CN(C(=O)COc1ccc(C(C)(C)C)cc1)[C@H](Cc1ccccc1)C(=O)NC(C)C. The average Bonchev–Trinajstić information content (AvgIpc) is 2.85. The van der Waals surface area contributed by atoms with E-state index in [9.17, 15) is 9.59 Å². The van der Waals surface area contributed by atoms with Crippen LogP contribution in [-0.4, -0.2) is 35.4 Å². The Morgan fingerprint density at radius 3 is 2.11 bits per heavy atom. The summed E-state index contributed by atoms with van der Waals surface area (Å²) in [6.45, 7) is 12.5. The lowest BCUT2D eigenvalue weighted by atomic mass is 9.87. The molecule has 0 bridgehead atoms. The van der Waals surface area contributed by atoms with Crippen molar-refractivity contribution in [1.82, 2.24) is 10.2 Å². The van der Waals surface area contributed by atoms with Gasteiger partial charge in [-0.05, 0) is 60.6 Å². The summed E-state index contributed by atoms with van der Waals surface area (Å²) in [6, 6.07) is 24.9. The van der Waals surface area contributed by atoms with Crippen molar-refractivity contribution in [3.63, 3.8) is 0 Å². The molecule has 3 rings (SSSR count). The van der Waals surface area contributed by atoms with Crippen LogP contribution in [0.4, 0.5) is 0 Å². The molecule has 0 saturated heterocycles. The van der Waals surface area contributed by atoms with E-state index in [0.29, 0.717) is 18.7 Å². The molecule has 3 aromatic carbocycles. The van der Waals surface area contributed by atoms with Crippen LogP contribution in [0.1, 0.15) is 56.9 Å². The molecule has 0 fully saturated rings. The van der Waals surface area contributed by atoms with Gasteiger partial charge in [0.05, 0.1) is 0 Å². The van der Waals surface area contributed by atoms with Gasteiger partial charge < -0.3 is 15.0 Å². The molecule has 0 radical (unpaired) electrons. The smallest absolute Gasteiger partial charge is 0.261 e. The summed E-state index contributed by atoms with van der Waals surface area (Å²) in [5.41, 5.74) is 4.29. The fourth-order valence-electron chi connectivity index (χ4n) is 4.18. The fourth-order valence-corrected chi connectivity index (χ4v) is 4.18. The summed E-state index contributed by atoms with van der Waals surface area (Å²) in [5.74, 6) is 0.224. The lowest BCUT2D eigenvalue weighted by Crippen LogP contribution is -2.52. The quantitative estimate of drug-likeness (QED) is 0.381. The van der Waals surface area contributed by atoms with E-state index in [4.69, 9.17) is 4.74 Å². The monoisotopic (exact) mass is 500 g/mol. The molecule has 0 aliphatic carbocycles. The molecule has 1 atom stereocenters. The Morgan fingerprint density at radius 1 is 0.892 bits per heavy atom. The molecule has 2 amide bonds. The van der Waals surface area contributed by atoms with Gasteiger partial charge in [0.1, 0.15) is 11.8 Å². The summed E-state index contributed by atoms with van der Waals surface area (Å²) in [6.07, 6.45) is 0.414. The number of benzene rings is 3. The Kier molecular flexibility index (Phi) is 9.51. The van der Waals surface area contributed by atoms with Gasteiger partial charge in [-0.15, -0.1) is 0 Å². The van der Waals surface area contributed by atoms with Crippen molar-refractivity contribution in [2.45, 2.75) is 72.0 Å². The first kappa shape index (κ1) is 28.0. The Morgan fingerprint density at radius 2 is 1.51 bits per heavy atom. The third kappa shape index (κ3) is 8.21. The summed E-state index contributed by atoms with van der Waals surface area (Å²) in [4.78, 5) is 28.8. The van der Waals surface area contributed by atoms with Crippen molar-refractivity contribution >= 4 is 11.8 Å². The molecule has 3 aromatic rings. The minimum Gasteiger partial charge on any atom is -0.484 e. The third-order valence-electron chi connectivity index (χ3n) is 6.39. The van der Waals surface area contributed by atoms with E-state index in [1.165, 1.54) is 5.56 Å². The van der Waals surface area contributed by atoms with Gasteiger partial charge in [-0.1, -0.05) is 87.5 Å². The zero-order chi connectivity index (χ0) is 27.0. The second-order valence-corrected chi connectivity index (χ2v) is 10.9. The Hall–Kier alpha value is -3.60. The van der Waals surface area contributed by atoms with Crippen LogP contribution in [-0.2, 0) is 28.0 Å². The first-order chi connectivity index (χ1) is 17.5. The van der Waals surface area contributed by atoms with Crippen molar-refractivity contribution in [1.29, 1.82) is 0 Å².